The Morgan fingerprint density at radius 2 is 1.02 bits per heavy atom. The molecule has 11 aromatic rings. The van der Waals surface area contributed by atoms with E-state index >= 15 is 0 Å². The third kappa shape index (κ3) is 4.68. The molecule has 11 rings (SSSR count). The zero-order chi connectivity index (χ0) is 34.9. The van der Waals surface area contributed by atoms with Crippen molar-refractivity contribution in [3.8, 4) is 16.8 Å². The van der Waals surface area contributed by atoms with Crippen LogP contribution in [0.2, 0.25) is 0 Å². The summed E-state index contributed by atoms with van der Waals surface area (Å²) < 4.78 is 8.75. The Bertz CT molecular complexity index is 3170. The number of hydrogen-bond donors (Lipinski definition) is 0. The molecule has 0 aliphatic carbocycles. The van der Waals surface area contributed by atoms with E-state index in [1.54, 1.807) is 0 Å². The van der Waals surface area contributed by atoms with Gasteiger partial charge in [0.2, 0.25) is 0 Å². The van der Waals surface area contributed by atoms with Crippen LogP contribution in [0, 0.1) is 0 Å². The van der Waals surface area contributed by atoms with Crippen molar-refractivity contribution in [1.29, 1.82) is 0 Å². The minimum absolute atomic E-state index is 0.875. The number of para-hydroxylation sites is 3. The highest BCUT2D eigenvalue weighted by molar-refractivity contribution is 6.15. The number of anilines is 3. The molecular formula is C50H32N2O. The molecule has 0 saturated carbocycles. The van der Waals surface area contributed by atoms with E-state index in [9.17, 15) is 0 Å². The SMILES string of the molecule is c1ccc(-n2c3ccccc3c3cc(-c4ccc(N(c5ccc6ccc7ccccc7c6c5)c5cccc6oc7ccccc7c56)cc4)ccc32)cc1. The second-order valence-electron chi connectivity index (χ2n) is 13.7. The highest BCUT2D eigenvalue weighted by Crippen LogP contribution is 2.44. The van der Waals surface area contributed by atoms with E-state index in [0.29, 0.717) is 0 Å². The fraction of sp³-hybridized carbons (Fsp3) is 0. The van der Waals surface area contributed by atoms with Crippen LogP contribution in [-0.2, 0) is 0 Å². The van der Waals surface area contributed by atoms with Crippen LogP contribution in [0.5, 0.6) is 0 Å². The number of aromatic nitrogens is 1. The van der Waals surface area contributed by atoms with Crippen molar-refractivity contribution in [1.82, 2.24) is 4.57 Å². The van der Waals surface area contributed by atoms with Crippen molar-refractivity contribution < 1.29 is 4.42 Å². The normalized spacial score (nSPS) is 11.8. The number of benzene rings is 9. The van der Waals surface area contributed by atoms with Gasteiger partial charge in [-0.1, -0.05) is 121 Å². The Balaban J connectivity index is 1.09. The summed E-state index contributed by atoms with van der Waals surface area (Å²) in [6.45, 7) is 0. The molecule has 0 aliphatic heterocycles. The topological polar surface area (TPSA) is 21.3 Å². The van der Waals surface area contributed by atoms with Gasteiger partial charge in [-0.25, -0.2) is 0 Å². The number of hydrogen-bond acceptors (Lipinski definition) is 2. The van der Waals surface area contributed by atoms with Crippen molar-refractivity contribution in [2.75, 3.05) is 4.90 Å². The molecule has 53 heavy (non-hydrogen) atoms. The summed E-state index contributed by atoms with van der Waals surface area (Å²) in [5.41, 5.74) is 10.9. The van der Waals surface area contributed by atoms with Gasteiger partial charge in [0.15, 0.2) is 0 Å². The minimum atomic E-state index is 0.875. The summed E-state index contributed by atoms with van der Waals surface area (Å²) in [5, 5.41) is 9.64. The lowest BCUT2D eigenvalue weighted by Crippen LogP contribution is -2.10. The Kier molecular flexibility index (Phi) is 6.55. The summed E-state index contributed by atoms with van der Waals surface area (Å²) in [7, 11) is 0. The largest absolute Gasteiger partial charge is 0.456 e. The average Bonchev–Trinajstić information content (AvgIpc) is 3.77. The quantitative estimate of drug-likeness (QED) is 0.169. The molecule has 0 amide bonds. The summed E-state index contributed by atoms with van der Waals surface area (Å²) in [6.07, 6.45) is 0. The molecule has 3 nitrogen and oxygen atoms in total. The standard InChI is InChI=1S/C50H32N2O/c1-2-12-37(13-3-1)52-45-17-8-6-15-41(45)44-31-36(26-30-46(44)52)33-23-27-38(28-24-33)51(47-18-10-20-49-50(47)42-16-7-9-19-48(42)53-49)39-29-25-35-22-21-34-11-4-5-14-40(34)43(35)32-39/h1-32H. The number of nitrogens with zero attached hydrogens (tertiary/aromatic N) is 2. The van der Waals surface area contributed by atoms with Gasteiger partial charge in [-0.05, 0) is 105 Å². The predicted octanol–water partition coefficient (Wildman–Crippen LogP) is 14.1. The maximum Gasteiger partial charge on any atom is 0.137 e. The molecule has 9 aromatic carbocycles. The molecule has 0 N–H and O–H groups in total. The van der Waals surface area contributed by atoms with E-state index in [2.05, 4.69) is 198 Å². The summed E-state index contributed by atoms with van der Waals surface area (Å²) in [5.74, 6) is 0. The van der Waals surface area contributed by atoms with Crippen LogP contribution in [-0.4, -0.2) is 4.57 Å². The molecule has 2 heterocycles. The zero-order valence-electron chi connectivity index (χ0n) is 28.8. The third-order valence-electron chi connectivity index (χ3n) is 10.8. The number of fused-ring (bicyclic) bond motifs is 9. The van der Waals surface area contributed by atoms with E-state index in [1.807, 2.05) is 6.07 Å². The lowest BCUT2D eigenvalue weighted by Gasteiger charge is -2.27. The Morgan fingerprint density at radius 1 is 0.377 bits per heavy atom. The Hall–Kier alpha value is -7.10. The molecule has 0 fully saturated rings. The van der Waals surface area contributed by atoms with Crippen LogP contribution >= 0.6 is 0 Å². The molecule has 0 spiro atoms. The van der Waals surface area contributed by atoms with Crippen molar-refractivity contribution in [3.05, 3.63) is 194 Å². The second-order valence-corrected chi connectivity index (χ2v) is 13.7. The van der Waals surface area contributed by atoms with Gasteiger partial charge in [-0.2, -0.15) is 0 Å². The molecule has 3 heteroatoms. The maximum atomic E-state index is 6.39. The Morgan fingerprint density at radius 3 is 1.89 bits per heavy atom. The van der Waals surface area contributed by atoms with Gasteiger partial charge < -0.3 is 13.9 Å². The van der Waals surface area contributed by atoms with E-state index in [-0.39, 0.29) is 0 Å². The van der Waals surface area contributed by atoms with E-state index < -0.39 is 0 Å². The summed E-state index contributed by atoms with van der Waals surface area (Å²) in [6, 6.07) is 69.8. The number of furan rings is 1. The lowest BCUT2D eigenvalue weighted by atomic mass is 10.00. The summed E-state index contributed by atoms with van der Waals surface area (Å²) >= 11 is 0. The van der Waals surface area contributed by atoms with Gasteiger partial charge in [0.1, 0.15) is 11.2 Å². The van der Waals surface area contributed by atoms with Crippen LogP contribution in [0.4, 0.5) is 17.1 Å². The third-order valence-corrected chi connectivity index (χ3v) is 10.8. The van der Waals surface area contributed by atoms with Crippen molar-refractivity contribution >= 4 is 82.4 Å². The molecule has 0 bridgehead atoms. The predicted molar refractivity (Wildman–Crippen MR) is 223 cm³/mol. The molecule has 248 valence electrons. The van der Waals surface area contributed by atoms with Crippen LogP contribution in [0.25, 0.3) is 82.1 Å². The van der Waals surface area contributed by atoms with Crippen LogP contribution in [0.3, 0.4) is 0 Å². The first kappa shape index (κ1) is 29.6. The maximum absolute atomic E-state index is 6.39. The van der Waals surface area contributed by atoms with Gasteiger partial charge >= 0.3 is 0 Å². The summed E-state index contributed by atoms with van der Waals surface area (Å²) in [4.78, 5) is 2.38. The Labute approximate surface area is 306 Å². The van der Waals surface area contributed by atoms with Gasteiger partial charge in [0, 0.05) is 33.2 Å². The van der Waals surface area contributed by atoms with E-state index in [1.165, 1.54) is 54.5 Å². The zero-order valence-corrected chi connectivity index (χ0v) is 28.8. The van der Waals surface area contributed by atoms with Gasteiger partial charge in [0.05, 0.1) is 22.1 Å². The molecule has 0 unspecified atom stereocenters. The minimum Gasteiger partial charge on any atom is -0.456 e. The van der Waals surface area contributed by atoms with Crippen LogP contribution < -0.4 is 4.90 Å². The first-order valence-electron chi connectivity index (χ1n) is 18.1. The average molecular weight is 677 g/mol. The highest BCUT2D eigenvalue weighted by atomic mass is 16.3. The van der Waals surface area contributed by atoms with Crippen LogP contribution in [0.15, 0.2) is 199 Å². The first-order valence-corrected chi connectivity index (χ1v) is 18.1. The lowest BCUT2D eigenvalue weighted by molar-refractivity contribution is 0.669. The number of rotatable bonds is 5. The van der Waals surface area contributed by atoms with Crippen molar-refractivity contribution in [2.45, 2.75) is 0 Å². The fourth-order valence-corrected chi connectivity index (χ4v) is 8.31. The second kappa shape index (κ2) is 11.7. The van der Waals surface area contributed by atoms with Gasteiger partial charge in [-0.3, -0.25) is 0 Å². The van der Waals surface area contributed by atoms with E-state index in [4.69, 9.17) is 4.42 Å². The highest BCUT2D eigenvalue weighted by Gasteiger charge is 2.20. The van der Waals surface area contributed by atoms with Crippen molar-refractivity contribution in [3.63, 3.8) is 0 Å². The smallest absolute Gasteiger partial charge is 0.137 e. The molecule has 2 aromatic heterocycles. The molecule has 0 atom stereocenters. The fourth-order valence-electron chi connectivity index (χ4n) is 8.31. The first-order chi connectivity index (χ1) is 26.3. The molecule has 0 saturated heterocycles. The molecule has 0 aliphatic rings. The van der Waals surface area contributed by atoms with Gasteiger partial charge in [0.25, 0.3) is 0 Å². The molecular weight excluding hydrogens is 645 g/mol. The van der Waals surface area contributed by atoms with Crippen molar-refractivity contribution in [2.24, 2.45) is 0 Å². The monoisotopic (exact) mass is 676 g/mol. The van der Waals surface area contributed by atoms with Crippen LogP contribution in [0.1, 0.15) is 0 Å². The van der Waals surface area contributed by atoms with Gasteiger partial charge in [-0.15, -0.1) is 0 Å². The van der Waals surface area contributed by atoms with E-state index in [0.717, 1.165) is 44.7 Å². The molecule has 0 radical (unpaired) electrons.